The predicted octanol–water partition coefficient (Wildman–Crippen LogP) is 2.29. The quantitative estimate of drug-likeness (QED) is 0.674. The molecule has 0 saturated heterocycles. The molecule has 0 aromatic heterocycles. The van der Waals surface area contributed by atoms with Crippen LogP contribution in [0.15, 0.2) is 77.3 Å². The number of allylic oxidation sites excluding steroid dienone is 1. The van der Waals surface area contributed by atoms with E-state index < -0.39 is 17.9 Å². The van der Waals surface area contributed by atoms with Crippen LogP contribution in [-0.2, 0) is 19.1 Å². The Morgan fingerprint density at radius 1 is 0.971 bits per heavy atom. The number of anilines is 1. The largest absolute Gasteiger partial charge is 0.466 e. The summed E-state index contributed by atoms with van der Waals surface area (Å²) in [6, 6.07) is 17.2. The average molecular weight is 460 g/mol. The Morgan fingerprint density at radius 2 is 1.56 bits per heavy atom. The Labute approximate surface area is 197 Å². The molecular weight excluding hydrogens is 436 g/mol. The van der Waals surface area contributed by atoms with Gasteiger partial charge in [-0.1, -0.05) is 42.5 Å². The van der Waals surface area contributed by atoms with Crippen LogP contribution in [0.1, 0.15) is 21.8 Å². The van der Waals surface area contributed by atoms with Crippen molar-refractivity contribution in [3.05, 3.63) is 88.4 Å². The molecule has 0 fully saturated rings. The Bertz CT molecular complexity index is 1240. The number of esters is 2. The lowest BCUT2D eigenvalue weighted by atomic mass is 9.80. The van der Waals surface area contributed by atoms with Crippen molar-refractivity contribution in [3.63, 3.8) is 0 Å². The Hall–Kier alpha value is -4.58. The number of para-hydroxylation sites is 1. The number of amides is 1. The average Bonchev–Trinajstić information content (AvgIpc) is 2.86. The van der Waals surface area contributed by atoms with E-state index in [-0.39, 0.29) is 39.8 Å². The number of benzene rings is 2. The van der Waals surface area contributed by atoms with Crippen molar-refractivity contribution in [2.75, 3.05) is 33.2 Å². The van der Waals surface area contributed by atoms with Crippen LogP contribution >= 0.6 is 0 Å². The molecule has 2 N–H and O–H groups in total. The van der Waals surface area contributed by atoms with E-state index in [9.17, 15) is 19.6 Å². The van der Waals surface area contributed by atoms with Crippen molar-refractivity contribution >= 4 is 23.5 Å². The van der Waals surface area contributed by atoms with Crippen LogP contribution in [0, 0.1) is 11.3 Å². The standard InChI is InChI=1S/C25H24N4O5/c1-28(2)23(30)16-12-8-9-13-18(16)29-21(25(32)34-4)20(24(31)33-3)19(17(14-26)22(29)27)15-10-6-5-7-11-15/h5-13,19H,27H2,1-4H3. The maximum absolute atomic E-state index is 13.1. The van der Waals surface area contributed by atoms with Crippen molar-refractivity contribution in [1.82, 2.24) is 4.90 Å². The van der Waals surface area contributed by atoms with Crippen LogP contribution in [0.4, 0.5) is 5.69 Å². The van der Waals surface area contributed by atoms with Crippen LogP contribution in [0.3, 0.4) is 0 Å². The van der Waals surface area contributed by atoms with Gasteiger partial charge in [0.2, 0.25) is 0 Å². The van der Waals surface area contributed by atoms with Crippen molar-refractivity contribution in [2.45, 2.75) is 5.92 Å². The number of rotatable bonds is 5. The van der Waals surface area contributed by atoms with Gasteiger partial charge in [0.05, 0.1) is 48.6 Å². The van der Waals surface area contributed by atoms with Gasteiger partial charge in [0, 0.05) is 14.1 Å². The van der Waals surface area contributed by atoms with Crippen LogP contribution < -0.4 is 10.6 Å². The Morgan fingerprint density at radius 3 is 2.12 bits per heavy atom. The highest BCUT2D eigenvalue weighted by Gasteiger charge is 2.43. The zero-order valence-corrected chi connectivity index (χ0v) is 19.2. The molecule has 174 valence electrons. The van der Waals surface area contributed by atoms with Gasteiger partial charge in [-0.2, -0.15) is 5.26 Å². The molecule has 1 unspecified atom stereocenters. The lowest BCUT2D eigenvalue weighted by Gasteiger charge is -2.36. The minimum Gasteiger partial charge on any atom is -0.466 e. The summed E-state index contributed by atoms with van der Waals surface area (Å²) in [7, 11) is 5.50. The van der Waals surface area contributed by atoms with E-state index in [1.54, 1.807) is 68.7 Å². The molecule has 9 nitrogen and oxygen atoms in total. The molecule has 2 aromatic rings. The molecule has 34 heavy (non-hydrogen) atoms. The molecule has 2 aromatic carbocycles. The molecule has 1 aliphatic rings. The topological polar surface area (TPSA) is 126 Å². The molecule has 1 atom stereocenters. The normalized spacial score (nSPS) is 15.5. The number of carbonyl (C=O) groups is 3. The Kier molecular flexibility index (Phi) is 7.02. The van der Waals surface area contributed by atoms with E-state index in [0.29, 0.717) is 5.56 Å². The summed E-state index contributed by atoms with van der Waals surface area (Å²) in [6.07, 6.45) is 0. The molecule has 1 aliphatic heterocycles. The number of hydrogen-bond acceptors (Lipinski definition) is 8. The maximum atomic E-state index is 13.1. The lowest BCUT2D eigenvalue weighted by Crippen LogP contribution is -2.41. The first-order valence-corrected chi connectivity index (χ1v) is 10.2. The number of nitrogens with zero attached hydrogens (tertiary/aromatic N) is 3. The van der Waals surface area contributed by atoms with Gasteiger partial charge in [0.1, 0.15) is 11.5 Å². The SMILES string of the molecule is COC(=O)C1=C(C(=O)OC)N(c2ccccc2C(=O)N(C)C)C(N)=C(C#N)C1c1ccccc1. The number of hydrogen-bond donors (Lipinski definition) is 1. The molecule has 0 saturated carbocycles. The second-order valence-corrected chi connectivity index (χ2v) is 7.55. The molecule has 1 amide bonds. The van der Waals surface area contributed by atoms with E-state index in [1.165, 1.54) is 16.9 Å². The highest BCUT2D eigenvalue weighted by Crippen LogP contribution is 2.43. The fourth-order valence-electron chi connectivity index (χ4n) is 3.85. The minimum absolute atomic E-state index is 0.0198. The summed E-state index contributed by atoms with van der Waals surface area (Å²) in [4.78, 5) is 41.7. The van der Waals surface area contributed by atoms with E-state index in [2.05, 4.69) is 6.07 Å². The molecule has 9 heteroatoms. The monoisotopic (exact) mass is 460 g/mol. The molecule has 0 radical (unpaired) electrons. The number of ether oxygens (including phenoxy) is 2. The maximum Gasteiger partial charge on any atom is 0.355 e. The summed E-state index contributed by atoms with van der Waals surface area (Å²) >= 11 is 0. The molecule has 0 aliphatic carbocycles. The highest BCUT2D eigenvalue weighted by atomic mass is 16.5. The molecule has 1 heterocycles. The van der Waals surface area contributed by atoms with Crippen LogP contribution in [0.25, 0.3) is 0 Å². The molecular formula is C25H24N4O5. The van der Waals surface area contributed by atoms with Gasteiger partial charge in [-0.15, -0.1) is 0 Å². The van der Waals surface area contributed by atoms with Crippen LogP contribution in [-0.4, -0.2) is 51.1 Å². The van der Waals surface area contributed by atoms with Gasteiger partial charge >= 0.3 is 11.9 Å². The zero-order chi connectivity index (χ0) is 25.0. The fourth-order valence-corrected chi connectivity index (χ4v) is 3.85. The van der Waals surface area contributed by atoms with Crippen molar-refractivity contribution in [1.29, 1.82) is 5.26 Å². The van der Waals surface area contributed by atoms with Gasteiger partial charge in [0.25, 0.3) is 5.91 Å². The molecule has 3 rings (SSSR count). The van der Waals surface area contributed by atoms with Gasteiger partial charge in [-0.3, -0.25) is 9.69 Å². The highest BCUT2D eigenvalue weighted by molar-refractivity contribution is 6.08. The smallest absolute Gasteiger partial charge is 0.355 e. The lowest BCUT2D eigenvalue weighted by molar-refractivity contribution is -0.139. The summed E-state index contributed by atoms with van der Waals surface area (Å²) in [6.45, 7) is 0. The zero-order valence-electron chi connectivity index (χ0n) is 19.2. The third-order valence-electron chi connectivity index (χ3n) is 5.39. The number of nitriles is 1. The predicted molar refractivity (Wildman–Crippen MR) is 124 cm³/mol. The van der Waals surface area contributed by atoms with Gasteiger partial charge in [0.15, 0.2) is 0 Å². The Balaban J connectivity index is 2.45. The number of carbonyl (C=O) groups excluding carboxylic acids is 3. The van der Waals surface area contributed by atoms with E-state index in [0.717, 1.165) is 7.11 Å². The van der Waals surface area contributed by atoms with Crippen molar-refractivity contribution in [2.24, 2.45) is 5.73 Å². The van der Waals surface area contributed by atoms with Crippen LogP contribution in [0.2, 0.25) is 0 Å². The number of methoxy groups -OCH3 is 2. The van der Waals surface area contributed by atoms with Crippen LogP contribution in [0.5, 0.6) is 0 Å². The van der Waals surface area contributed by atoms with Gasteiger partial charge in [-0.05, 0) is 17.7 Å². The van der Waals surface area contributed by atoms with E-state index in [1.807, 2.05) is 0 Å². The fraction of sp³-hybridized carbons (Fsp3) is 0.200. The second-order valence-electron chi connectivity index (χ2n) is 7.55. The third kappa shape index (κ3) is 4.09. The summed E-state index contributed by atoms with van der Waals surface area (Å²) in [5.41, 5.74) is 7.12. The first kappa shape index (κ1) is 24.1. The first-order valence-electron chi connectivity index (χ1n) is 10.2. The first-order chi connectivity index (χ1) is 16.3. The van der Waals surface area contributed by atoms with Gasteiger partial charge in [-0.25, -0.2) is 9.59 Å². The second kappa shape index (κ2) is 9.92. The summed E-state index contributed by atoms with van der Waals surface area (Å²) in [5.74, 6) is -3.18. The minimum atomic E-state index is -0.985. The number of nitrogens with two attached hydrogens (primary N) is 1. The van der Waals surface area contributed by atoms with Gasteiger partial charge < -0.3 is 20.1 Å². The molecule has 0 bridgehead atoms. The van der Waals surface area contributed by atoms with E-state index >= 15 is 0 Å². The summed E-state index contributed by atoms with van der Waals surface area (Å²) in [5, 5.41) is 10.1. The van der Waals surface area contributed by atoms with E-state index in [4.69, 9.17) is 15.2 Å². The van der Waals surface area contributed by atoms with Crippen molar-refractivity contribution < 1.29 is 23.9 Å². The van der Waals surface area contributed by atoms with Crippen molar-refractivity contribution in [3.8, 4) is 6.07 Å². The summed E-state index contributed by atoms with van der Waals surface area (Å²) < 4.78 is 10.0. The third-order valence-corrected chi connectivity index (χ3v) is 5.39. The molecule has 0 spiro atoms.